The maximum Gasteiger partial charge on any atom is 0.264 e. The smallest absolute Gasteiger partial charge is 0.264 e. The molecule has 208 valence electrons. The second-order valence-electron chi connectivity index (χ2n) is 9.54. The highest BCUT2D eigenvalue weighted by Gasteiger charge is 2.34. The Kier molecular flexibility index (Phi) is 10.4. The van der Waals surface area contributed by atoms with Crippen LogP contribution >= 0.6 is 23.2 Å². The Morgan fingerprint density at radius 3 is 2.18 bits per heavy atom. The van der Waals surface area contributed by atoms with Crippen LogP contribution in [0.25, 0.3) is 0 Å². The molecule has 7 nitrogen and oxygen atoms in total. The van der Waals surface area contributed by atoms with E-state index >= 15 is 0 Å². The average Bonchev–Trinajstić information content (AvgIpc) is 2.86. The summed E-state index contributed by atoms with van der Waals surface area (Å²) in [5, 5.41) is 3.58. The van der Waals surface area contributed by atoms with Crippen molar-refractivity contribution in [3.63, 3.8) is 0 Å². The minimum absolute atomic E-state index is 0.0329. The Hall–Kier alpha value is -3.07. The molecule has 0 fully saturated rings. The third-order valence-corrected chi connectivity index (χ3v) is 8.30. The summed E-state index contributed by atoms with van der Waals surface area (Å²) in [5.41, 5.74) is 2.06. The first-order chi connectivity index (χ1) is 18.4. The van der Waals surface area contributed by atoms with E-state index in [-0.39, 0.29) is 29.1 Å². The van der Waals surface area contributed by atoms with Gasteiger partial charge in [-0.2, -0.15) is 0 Å². The Morgan fingerprint density at radius 2 is 1.59 bits per heavy atom. The first-order valence-corrected chi connectivity index (χ1v) is 14.8. The molecule has 1 N–H and O–H groups in total. The van der Waals surface area contributed by atoms with Crippen molar-refractivity contribution < 1.29 is 18.0 Å². The largest absolute Gasteiger partial charge is 0.352 e. The molecule has 3 aromatic carbocycles. The number of carbonyl (C=O) groups excluding carboxylic acids is 2. The van der Waals surface area contributed by atoms with Gasteiger partial charge >= 0.3 is 0 Å². The fraction of sp³-hybridized carbons (Fsp3) is 0.310. The van der Waals surface area contributed by atoms with Gasteiger partial charge in [-0.3, -0.25) is 13.9 Å². The van der Waals surface area contributed by atoms with Crippen LogP contribution in [0.5, 0.6) is 0 Å². The molecular formula is C29H33Cl2N3O4S. The monoisotopic (exact) mass is 589 g/mol. The fourth-order valence-electron chi connectivity index (χ4n) is 4.20. The topological polar surface area (TPSA) is 86.8 Å². The third kappa shape index (κ3) is 7.97. The van der Waals surface area contributed by atoms with Crippen molar-refractivity contribution in [2.75, 3.05) is 10.8 Å². The quantitative estimate of drug-likeness (QED) is 0.305. The normalized spacial score (nSPS) is 12.2. The number of sulfonamides is 1. The van der Waals surface area contributed by atoms with Crippen LogP contribution < -0.4 is 9.62 Å². The van der Waals surface area contributed by atoms with Gasteiger partial charge in [0.25, 0.3) is 10.0 Å². The molecule has 3 aromatic rings. The molecule has 0 aliphatic carbocycles. The number of amides is 2. The molecule has 0 aliphatic heterocycles. The summed E-state index contributed by atoms with van der Waals surface area (Å²) in [5.74, 6) is -0.830. The Morgan fingerprint density at radius 1 is 0.923 bits per heavy atom. The predicted octanol–water partition coefficient (Wildman–Crippen LogP) is 5.83. The first-order valence-electron chi connectivity index (χ1n) is 12.6. The lowest BCUT2D eigenvalue weighted by Gasteiger charge is -2.33. The fourth-order valence-corrected chi connectivity index (χ4v) is 5.92. The van der Waals surface area contributed by atoms with Crippen molar-refractivity contribution in [1.29, 1.82) is 0 Å². The van der Waals surface area contributed by atoms with E-state index in [9.17, 15) is 18.0 Å². The highest BCUT2D eigenvalue weighted by molar-refractivity contribution is 7.92. The average molecular weight is 591 g/mol. The number of rotatable bonds is 11. The first kappa shape index (κ1) is 30.5. The van der Waals surface area contributed by atoms with Gasteiger partial charge in [0.1, 0.15) is 12.6 Å². The van der Waals surface area contributed by atoms with Gasteiger partial charge in [0.05, 0.1) is 10.6 Å². The molecule has 0 saturated carbocycles. The molecule has 0 spiro atoms. The molecule has 0 radical (unpaired) electrons. The van der Waals surface area contributed by atoms with E-state index in [1.165, 1.54) is 35.2 Å². The summed E-state index contributed by atoms with van der Waals surface area (Å²) in [7, 11) is -4.20. The number of aryl methyl sites for hydroxylation is 1. The van der Waals surface area contributed by atoms with Gasteiger partial charge in [-0.1, -0.05) is 66.0 Å². The second kappa shape index (κ2) is 13.3. The van der Waals surface area contributed by atoms with E-state index in [1.54, 1.807) is 18.2 Å². The molecule has 3 rings (SSSR count). The van der Waals surface area contributed by atoms with Crippen molar-refractivity contribution in [3.8, 4) is 0 Å². The van der Waals surface area contributed by atoms with Crippen molar-refractivity contribution >= 4 is 50.7 Å². The van der Waals surface area contributed by atoms with Gasteiger partial charge in [0, 0.05) is 22.6 Å². The Balaban J connectivity index is 2.07. The zero-order chi connectivity index (χ0) is 28.7. The lowest BCUT2D eigenvalue weighted by atomic mass is 10.1. The highest BCUT2D eigenvalue weighted by atomic mass is 35.5. The lowest BCUT2D eigenvalue weighted by molar-refractivity contribution is -0.140. The maximum absolute atomic E-state index is 14.0. The van der Waals surface area contributed by atoms with Crippen molar-refractivity contribution in [2.45, 2.75) is 57.6 Å². The number of hydrogen-bond donors (Lipinski definition) is 1. The Bertz CT molecular complexity index is 1410. The number of halogens is 2. The summed E-state index contributed by atoms with van der Waals surface area (Å²) in [6.07, 6.45) is 0.344. The molecule has 0 bridgehead atoms. The molecule has 0 heterocycles. The number of carbonyl (C=O) groups is 2. The number of hydrogen-bond acceptors (Lipinski definition) is 4. The van der Waals surface area contributed by atoms with Gasteiger partial charge in [0.2, 0.25) is 11.8 Å². The summed E-state index contributed by atoms with van der Waals surface area (Å²) >= 11 is 12.2. The van der Waals surface area contributed by atoms with Crippen LogP contribution in [-0.4, -0.2) is 43.8 Å². The van der Waals surface area contributed by atoms with Gasteiger partial charge in [-0.05, 0) is 75.2 Å². The van der Waals surface area contributed by atoms with Crippen molar-refractivity contribution in [1.82, 2.24) is 10.2 Å². The standard InChI is InChI=1S/C29H33Cl2N3O4S/c1-5-27(29(36)32-20(2)3)33(18-22-9-6-8-21(4)16-22)28(35)19-34(25-11-7-10-24(31)17-25)39(37,38)26-14-12-23(30)13-15-26/h6-17,20,27H,5,18-19H2,1-4H3,(H,32,36). The molecule has 1 unspecified atom stereocenters. The second-order valence-corrected chi connectivity index (χ2v) is 12.3. The SMILES string of the molecule is CCC(C(=O)NC(C)C)N(Cc1cccc(C)c1)C(=O)CN(c1cccc(Cl)c1)S(=O)(=O)c1ccc(Cl)cc1. The Labute approximate surface area is 240 Å². The lowest BCUT2D eigenvalue weighted by Crippen LogP contribution is -2.53. The van der Waals surface area contributed by atoms with Crippen LogP contribution in [0.2, 0.25) is 10.0 Å². The molecule has 0 saturated heterocycles. The molecule has 0 aliphatic rings. The van der Waals surface area contributed by atoms with E-state index < -0.39 is 28.5 Å². The summed E-state index contributed by atoms with van der Waals surface area (Å²) in [6, 6.07) is 18.7. The third-order valence-electron chi connectivity index (χ3n) is 6.03. The molecule has 10 heteroatoms. The zero-order valence-electron chi connectivity index (χ0n) is 22.4. The van der Waals surface area contributed by atoms with Crippen molar-refractivity contribution in [2.24, 2.45) is 0 Å². The van der Waals surface area contributed by atoms with Crippen molar-refractivity contribution in [3.05, 3.63) is 94.0 Å². The van der Waals surface area contributed by atoms with Gasteiger partial charge in [0.15, 0.2) is 0 Å². The van der Waals surface area contributed by atoms with E-state index in [0.717, 1.165) is 15.4 Å². The van der Waals surface area contributed by atoms with Gasteiger partial charge < -0.3 is 10.2 Å². The van der Waals surface area contributed by atoms with Crippen LogP contribution in [-0.2, 0) is 26.2 Å². The molecule has 1 atom stereocenters. The number of nitrogens with one attached hydrogen (secondary N) is 1. The molecular weight excluding hydrogens is 557 g/mol. The highest BCUT2D eigenvalue weighted by Crippen LogP contribution is 2.27. The van der Waals surface area contributed by atoms with Crippen LogP contribution in [0.15, 0.2) is 77.7 Å². The van der Waals surface area contributed by atoms with E-state index in [4.69, 9.17) is 23.2 Å². The maximum atomic E-state index is 14.0. The van der Waals surface area contributed by atoms with Crippen LogP contribution in [0.4, 0.5) is 5.69 Å². The number of nitrogens with zero attached hydrogens (tertiary/aromatic N) is 2. The van der Waals surface area contributed by atoms with Crippen LogP contribution in [0.1, 0.15) is 38.3 Å². The minimum Gasteiger partial charge on any atom is -0.352 e. The molecule has 39 heavy (non-hydrogen) atoms. The van der Waals surface area contributed by atoms with E-state index in [1.807, 2.05) is 52.0 Å². The van der Waals surface area contributed by atoms with Gasteiger partial charge in [-0.15, -0.1) is 0 Å². The van der Waals surface area contributed by atoms with E-state index in [2.05, 4.69) is 5.32 Å². The predicted molar refractivity (Wildman–Crippen MR) is 157 cm³/mol. The summed E-state index contributed by atoms with van der Waals surface area (Å²) in [4.78, 5) is 28.6. The molecule has 0 aromatic heterocycles. The minimum atomic E-state index is -4.20. The van der Waals surface area contributed by atoms with Crippen LogP contribution in [0, 0.1) is 6.92 Å². The van der Waals surface area contributed by atoms with E-state index in [0.29, 0.717) is 16.5 Å². The number of benzene rings is 3. The molecule has 2 amide bonds. The summed E-state index contributed by atoms with van der Waals surface area (Å²) in [6.45, 7) is 7.05. The van der Waals surface area contributed by atoms with Crippen LogP contribution in [0.3, 0.4) is 0 Å². The number of anilines is 1. The zero-order valence-corrected chi connectivity index (χ0v) is 24.7. The summed E-state index contributed by atoms with van der Waals surface area (Å²) < 4.78 is 28.7. The van der Waals surface area contributed by atoms with Gasteiger partial charge in [-0.25, -0.2) is 8.42 Å².